The van der Waals surface area contributed by atoms with Gasteiger partial charge in [0.2, 0.25) is 0 Å². The zero-order valence-corrected chi connectivity index (χ0v) is 13.2. The van der Waals surface area contributed by atoms with Gasteiger partial charge >= 0.3 is 59.8 Å². The van der Waals surface area contributed by atoms with E-state index in [-0.39, 0.29) is 22.9 Å². The number of rotatable bonds is 2. The summed E-state index contributed by atoms with van der Waals surface area (Å²) in [4.78, 5) is 9.60. The summed E-state index contributed by atoms with van der Waals surface area (Å²) in [6.07, 6.45) is 0. The Morgan fingerprint density at radius 2 is 2.50 bits per heavy atom. The Labute approximate surface area is 59.5 Å². The molecule has 0 rings (SSSR count). The van der Waals surface area contributed by atoms with Crippen molar-refractivity contribution in [3.05, 3.63) is 0 Å². The summed E-state index contributed by atoms with van der Waals surface area (Å²) in [5.74, 6) is 0. The predicted octanol–water partition coefficient (Wildman–Crippen LogP) is -1.95. The van der Waals surface area contributed by atoms with E-state index < -0.39 is 25.5 Å². The Kier molecular flexibility index (Phi) is 4.91. The molecule has 6 heavy (non-hydrogen) atoms. The van der Waals surface area contributed by atoms with Gasteiger partial charge in [0.05, 0.1) is 0 Å². The van der Waals surface area contributed by atoms with Gasteiger partial charge in [-0.15, -0.1) is 0 Å². The van der Waals surface area contributed by atoms with Crippen molar-refractivity contribution in [2.75, 3.05) is 0 Å². The summed E-state index contributed by atoms with van der Waals surface area (Å²) >= 11 is -1.48. The second-order valence-corrected chi connectivity index (χ2v) is 16.1. The SMILES string of the molecule is O=[C](O)[SnH2][O][SnH3]. The molecule has 0 aromatic carbocycles. The summed E-state index contributed by atoms with van der Waals surface area (Å²) in [6, 6.07) is 0. The van der Waals surface area contributed by atoms with E-state index >= 15 is 0 Å². The first-order valence-corrected chi connectivity index (χ1v) is 7.47. The van der Waals surface area contributed by atoms with E-state index in [0.29, 0.717) is 0 Å². The van der Waals surface area contributed by atoms with Crippen molar-refractivity contribution in [3.63, 3.8) is 0 Å². The predicted molar refractivity (Wildman–Crippen MR) is 27.6 cm³/mol. The van der Waals surface area contributed by atoms with E-state index in [9.17, 15) is 4.79 Å². The van der Waals surface area contributed by atoms with Crippen molar-refractivity contribution in [2.24, 2.45) is 0 Å². The second-order valence-electron chi connectivity index (χ2n) is 0.827. The van der Waals surface area contributed by atoms with Crippen molar-refractivity contribution in [1.29, 1.82) is 0 Å². The topological polar surface area (TPSA) is 46.5 Å². The molecule has 0 aromatic rings. The summed E-state index contributed by atoms with van der Waals surface area (Å²) in [5.41, 5.74) is 0. The van der Waals surface area contributed by atoms with Gasteiger partial charge in [-0.3, -0.25) is 0 Å². The first-order chi connectivity index (χ1) is 2.77. The van der Waals surface area contributed by atoms with Gasteiger partial charge in [0.25, 0.3) is 0 Å². The van der Waals surface area contributed by atoms with Gasteiger partial charge in [0.1, 0.15) is 0 Å². The molecule has 0 unspecified atom stereocenters. The third kappa shape index (κ3) is 5.03. The molecule has 0 aliphatic rings. The van der Waals surface area contributed by atoms with E-state index in [2.05, 4.69) is 1.41 Å². The zero-order valence-electron chi connectivity index (χ0n) is 3.47. The Hall–Kier alpha value is 1.03. The fourth-order valence-corrected chi connectivity index (χ4v) is 5.56. The van der Waals surface area contributed by atoms with Crippen LogP contribution in [0.25, 0.3) is 0 Å². The van der Waals surface area contributed by atoms with Gasteiger partial charge in [0, 0.05) is 0 Å². The molecule has 0 fully saturated rings. The standard InChI is InChI=1S/CHO2.O.2Sn.5H/c2-1-3;;;;;;;;/h(H,2,3);;;;;;;;. The van der Waals surface area contributed by atoms with Crippen LogP contribution >= 0.6 is 0 Å². The molecule has 0 spiro atoms. The van der Waals surface area contributed by atoms with Crippen LogP contribution in [0.2, 0.25) is 0 Å². The van der Waals surface area contributed by atoms with Gasteiger partial charge in [0.15, 0.2) is 0 Å². The summed E-state index contributed by atoms with van der Waals surface area (Å²) in [5, 5.41) is 7.92. The minimum atomic E-state index is -1.65. The third-order valence-electron chi connectivity index (χ3n) is 0.268. The minimum absolute atomic E-state index is 0.172. The number of hydrogen-bond acceptors (Lipinski definition) is 2. The molecule has 0 saturated carbocycles. The van der Waals surface area contributed by atoms with E-state index in [1.807, 2.05) is 0 Å². The molecule has 3 nitrogen and oxygen atoms in total. The molecule has 0 saturated heterocycles. The molecule has 0 amide bonds. The first-order valence-electron chi connectivity index (χ1n) is 1.48. The Morgan fingerprint density at radius 1 is 2.00 bits per heavy atom. The van der Waals surface area contributed by atoms with Crippen molar-refractivity contribution in [3.8, 4) is 0 Å². The Morgan fingerprint density at radius 3 is 2.50 bits per heavy atom. The summed E-state index contributed by atoms with van der Waals surface area (Å²) in [6.45, 7) is 0. The molecular formula is CH6O3Sn2. The monoisotopic (exact) mass is 306 g/mol. The molecule has 0 bridgehead atoms. The third-order valence-corrected chi connectivity index (χ3v) is 7.32. The average molecular weight is 303 g/mol. The van der Waals surface area contributed by atoms with Crippen molar-refractivity contribution in [2.45, 2.75) is 0 Å². The number of hydrogen-bond donors (Lipinski definition) is 1. The molecule has 0 radical (unpaired) electrons. The normalized spacial score (nSPS) is 10.7. The zero-order chi connectivity index (χ0) is 4.99. The van der Waals surface area contributed by atoms with Gasteiger partial charge in [-0.1, -0.05) is 0 Å². The van der Waals surface area contributed by atoms with Crippen LogP contribution in [0.4, 0.5) is 4.79 Å². The van der Waals surface area contributed by atoms with Gasteiger partial charge in [-0.05, 0) is 0 Å². The second kappa shape index (κ2) is 4.19. The molecular weight excluding hydrogens is 297 g/mol. The fourth-order valence-electron chi connectivity index (χ4n) is 0.123. The van der Waals surface area contributed by atoms with Crippen LogP contribution < -0.4 is 0 Å². The summed E-state index contributed by atoms with van der Waals surface area (Å²) < 4.78 is 3.95. The maximum atomic E-state index is 9.60. The molecule has 5 heteroatoms. The van der Waals surface area contributed by atoms with E-state index in [4.69, 9.17) is 5.11 Å². The van der Waals surface area contributed by atoms with E-state index in [0.717, 1.165) is 0 Å². The molecule has 0 aromatic heterocycles. The molecule has 0 aliphatic heterocycles. The van der Waals surface area contributed by atoms with Crippen LogP contribution in [0, 0.1) is 0 Å². The van der Waals surface area contributed by atoms with Crippen LogP contribution in [0.15, 0.2) is 0 Å². The van der Waals surface area contributed by atoms with Crippen LogP contribution in [-0.2, 0) is 1.41 Å². The molecule has 1 N–H and O–H groups in total. The van der Waals surface area contributed by atoms with Crippen LogP contribution in [0.1, 0.15) is 0 Å². The van der Waals surface area contributed by atoms with E-state index in [1.54, 1.807) is 0 Å². The average Bonchev–Trinajstić information content (AvgIpc) is 1.35. The fraction of sp³-hybridized carbons (Fsp3) is 0. The van der Waals surface area contributed by atoms with Crippen LogP contribution in [0.3, 0.4) is 0 Å². The molecule has 0 aliphatic carbocycles. The van der Waals surface area contributed by atoms with Crippen molar-refractivity contribution < 1.29 is 11.3 Å². The summed E-state index contributed by atoms with van der Waals surface area (Å²) in [7, 11) is 0. The van der Waals surface area contributed by atoms with Gasteiger partial charge < -0.3 is 0 Å². The number of carbonyl (C=O) groups is 1. The van der Waals surface area contributed by atoms with Crippen LogP contribution in [-0.4, -0.2) is 53.6 Å². The van der Waals surface area contributed by atoms with Crippen LogP contribution in [0.5, 0.6) is 0 Å². The Bertz CT molecular complexity index is 52.8. The Balaban J connectivity index is 2.83. The first kappa shape index (κ1) is 7.03. The quantitative estimate of drug-likeness (QED) is 0.603. The molecule has 0 atom stereocenters. The van der Waals surface area contributed by atoms with Gasteiger partial charge in [-0.2, -0.15) is 0 Å². The van der Waals surface area contributed by atoms with Crippen molar-refractivity contribution >= 4 is 48.5 Å². The van der Waals surface area contributed by atoms with Gasteiger partial charge in [-0.25, -0.2) is 0 Å². The molecule has 36 valence electrons. The van der Waals surface area contributed by atoms with Crippen molar-refractivity contribution in [1.82, 2.24) is 0 Å². The maximum absolute atomic E-state index is 9.60. The number of carboxylic acid groups (broad SMARTS) is 1. The van der Waals surface area contributed by atoms with E-state index in [1.165, 1.54) is 0 Å². The molecule has 0 heterocycles.